The van der Waals surface area contributed by atoms with E-state index in [1.165, 1.54) is 16.8 Å². The lowest BCUT2D eigenvalue weighted by atomic mass is 10.1. The van der Waals surface area contributed by atoms with Crippen LogP contribution in [0.1, 0.15) is 24.5 Å². The molecule has 0 saturated carbocycles. The van der Waals surface area contributed by atoms with Gasteiger partial charge in [0.2, 0.25) is 0 Å². The quantitative estimate of drug-likeness (QED) is 0.830. The fourth-order valence-electron chi connectivity index (χ4n) is 2.61. The topological polar surface area (TPSA) is 23.6 Å². The third kappa shape index (κ3) is 3.57. The lowest BCUT2D eigenvalue weighted by molar-refractivity contribution is -0.117. The van der Waals surface area contributed by atoms with Crippen molar-refractivity contribution in [1.29, 1.82) is 0 Å². The van der Waals surface area contributed by atoms with Gasteiger partial charge in [-0.05, 0) is 38.0 Å². The zero-order chi connectivity index (χ0) is 13.8. The predicted molar refractivity (Wildman–Crippen MR) is 79.9 cm³/mol. The van der Waals surface area contributed by atoms with E-state index >= 15 is 0 Å². The maximum atomic E-state index is 11.0. The number of anilines is 1. The Bertz CT molecular complexity index is 448. The first kappa shape index (κ1) is 14.1. The van der Waals surface area contributed by atoms with E-state index in [0.717, 1.165) is 32.7 Å². The van der Waals surface area contributed by atoms with Crippen LogP contribution >= 0.6 is 0 Å². The van der Waals surface area contributed by atoms with Crippen molar-refractivity contribution in [3.05, 3.63) is 29.3 Å². The van der Waals surface area contributed by atoms with Crippen LogP contribution in [0.5, 0.6) is 0 Å². The molecule has 2 rings (SSSR count). The van der Waals surface area contributed by atoms with Gasteiger partial charge in [-0.25, -0.2) is 0 Å². The van der Waals surface area contributed by atoms with Crippen LogP contribution in [-0.2, 0) is 4.79 Å². The summed E-state index contributed by atoms with van der Waals surface area (Å²) in [6.07, 6.45) is 0.684. The van der Waals surface area contributed by atoms with Gasteiger partial charge in [-0.15, -0.1) is 0 Å². The van der Waals surface area contributed by atoms with Crippen LogP contribution in [-0.4, -0.2) is 43.4 Å². The highest BCUT2D eigenvalue weighted by Gasteiger charge is 2.18. The van der Waals surface area contributed by atoms with E-state index in [0.29, 0.717) is 6.42 Å². The highest BCUT2D eigenvalue weighted by atomic mass is 16.1. The van der Waals surface area contributed by atoms with Gasteiger partial charge in [-0.1, -0.05) is 12.1 Å². The van der Waals surface area contributed by atoms with Gasteiger partial charge in [0.25, 0.3) is 0 Å². The van der Waals surface area contributed by atoms with E-state index in [4.69, 9.17) is 0 Å². The Balaban J connectivity index is 1.92. The molecule has 0 radical (unpaired) electrons. The Morgan fingerprint density at radius 2 is 1.84 bits per heavy atom. The van der Waals surface area contributed by atoms with Crippen molar-refractivity contribution >= 4 is 11.5 Å². The summed E-state index contributed by atoms with van der Waals surface area (Å²) in [5.74, 6) is 0.289. The molecule has 1 aromatic rings. The Labute approximate surface area is 116 Å². The molecule has 0 aliphatic carbocycles. The molecule has 3 nitrogen and oxygen atoms in total. The number of benzene rings is 1. The second-order valence-electron chi connectivity index (χ2n) is 5.50. The molecule has 0 bridgehead atoms. The first-order valence-electron chi connectivity index (χ1n) is 7.11. The number of piperazine rings is 1. The third-order valence-corrected chi connectivity index (χ3v) is 4.07. The van der Waals surface area contributed by atoms with Crippen molar-refractivity contribution < 1.29 is 4.79 Å². The van der Waals surface area contributed by atoms with E-state index in [1.54, 1.807) is 6.92 Å². The molecule has 1 heterocycles. The van der Waals surface area contributed by atoms with Crippen molar-refractivity contribution in [1.82, 2.24) is 4.90 Å². The number of Topliss-reactive ketones (excluding diaryl/α,β-unsaturated/α-hetero) is 1. The van der Waals surface area contributed by atoms with Gasteiger partial charge < -0.3 is 4.90 Å². The molecular weight excluding hydrogens is 236 g/mol. The van der Waals surface area contributed by atoms with Gasteiger partial charge in [0, 0.05) is 44.8 Å². The molecule has 0 aromatic heterocycles. The van der Waals surface area contributed by atoms with Gasteiger partial charge in [-0.2, -0.15) is 0 Å². The van der Waals surface area contributed by atoms with Crippen LogP contribution < -0.4 is 4.90 Å². The number of ketones is 1. The Morgan fingerprint density at radius 3 is 2.47 bits per heavy atom. The molecule has 1 aliphatic heterocycles. The molecule has 0 amide bonds. The summed E-state index contributed by atoms with van der Waals surface area (Å²) >= 11 is 0. The fraction of sp³-hybridized carbons (Fsp3) is 0.562. The number of hydrogen-bond donors (Lipinski definition) is 0. The summed E-state index contributed by atoms with van der Waals surface area (Å²) in [4.78, 5) is 15.9. The predicted octanol–water partition coefficient (Wildman–Crippen LogP) is 2.40. The Hall–Kier alpha value is -1.35. The maximum Gasteiger partial charge on any atom is 0.131 e. The maximum absolute atomic E-state index is 11.0. The van der Waals surface area contributed by atoms with Gasteiger partial charge in [-0.3, -0.25) is 9.69 Å². The van der Waals surface area contributed by atoms with Crippen LogP contribution in [0.2, 0.25) is 0 Å². The van der Waals surface area contributed by atoms with Gasteiger partial charge in [0.15, 0.2) is 0 Å². The van der Waals surface area contributed by atoms with Crippen molar-refractivity contribution in [2.75, 3.05) is 37.6 Å². The van der Waals surface area contributed by atoms with Gasteiger partial charge >= 0.3 is 0 Å². The van der Waals surface area contributed by atoms with E-state index in [9.17, 15) is 4.79 Å². The van der Waals surface area contributed by atoms with E-state index in [1.807, 2.05) is 0 Å². The molecule has 1 aromatic carbocycles. The molecule has 19 heavy (non-hydrogen) atoms. The minimum Gasteiger partial charge on any atom is -0.369 e. The third-order valence-electron chi connectivity index (χ3n) is 4.07. The SMILES string of the molecule is CC(=O)CCN1CCN(c2cccc(C)c2C)CC1. The van der Waals surface area contributed by atoms with Crippen LogP contribution in [0.15, 0.2) is 18.2 Å². The Kier molecular flexibility index (Phi) is 4.59. The minimum absolute atomic E-state index is 0.289. The summed E-state index contributed by atoms with van der Waals surface area (Å²) in [6, 6.07) is 6.52. The number of carbonyl (C=O) groups excluding carboxylic acids is 1. The highest BCUT2D eigenvalue weighted by molar-refractivity contribution is 5.75. The summed E-state index contributed by atoms with van der Waals surface area (Å²) in [5.41, 5.74) is 4.11. The lowest BCUT2D eigenvalue weighted by Gasteiger charge is -2.37. The standard InChI is InChI=1S/C16H24N2O/c1-13-5-4-6-16(15(13)3)18-11-9-17(10-12-18)8-7-14(2)19/h4-6H,7-12H2,1-3H3. The number of rotatable bonds is 4. The molecule has 1 saturated heterocycles. The number of carbonyl (C=O) groups is 1. The Morgan fingerprint density at radius 1 is 1.16 bits per heavy atom. The van der Waals surface area contributed by atoms with Crippen molar-refractivity contribution in [3.63, 3.8) is 0 Å². The molecule has 104 valence electrons. The monoisotopic (exact) mass is 260 g/mol. The zero-order valence-electron chi connectivity index (χ0n) is 12.3. The second kappa shape index (κ2) is 6.20. The van der Waals surface area contributed by atoms with Crippen molar-refractivity contribution in [2.24, 2.45) is 0 Å². The molecule has 3 heteroatoms. The van der Waals surface area contributed by atoms with Crippen LogP contribution in [0, 0.1) is 13.8 Å². The van der Waals surface area contributed by atoms with Crippen molar-refractivity contribution in [3.8, 4) is 0 Å². The van der Waals surface area contributed by atoms with Crippen molar-refractivity contribution in [2.45, 2.75) is 27.2 Å². The molecule has 1 aliphatic rings. The number of hydrogen-bond acceptors (Lipinski definition) is 3. The summed E-state index contributed by atoms with van der Waals surface area (Å²) in [6.45, 7) is 11.2. The first-order chi connectivity index (χ1) is 9.08. The van der Waals surface area contributed by atoms with Gasteiger partial charge in [0.05, 0.1) is 0 Å². The fourth-order valence-corrected chi connectivity index (χ4v) is 2.61. The van der Waals surface area contributed by atoms with Crippen LogP contribution in [0.4, 0.5) is 5.69 Å². The molecular formula is C16H24N2O. The van der Waals surface area contributed by atoms with Gasteiger partial charge in [0.1, 0.15) is 5.78 Å². The van der Waals surface area contributed by atoms with Crippen LogP contribution in [0.3, 0.4) is 0 Å². The number of aryl methyl sites for hydroxylation is 1. The average Bonchev–Trinajstić information content (AvgIpc) is 2.40. The molecule has 1 fully saturated rings. The van der Waals surface area contributed by atoms with E-state index < -0.39 is 0 Å². The smallest absolute Gasteiger partial charge is 0.131 e. The molecule has 0 unspecified atom stereocenters. The zero-order valence-corrected chi connectivity index (χ0v) is 12.3. The molecule has 0 N–H and O–H groups in total. The average molecular weight is 260 g/mol. The van der Waals surface area contributed by atoms with E-state index in [2.05, 4.69) is 41.8 Å². The molecule has 0 spiro atoms. The summed E-state index contributed by atoms with van der Waals surface area (Å²) < 4.78 is 0. The van der Waals surface area contributed by atoms with Crippen LogP contribution in [0.25, 0.3) is 0 Å². The second-order valence-corrected chi connectivity index (χ2v) is 5.50. The van der Waals surface area contributed by atoms with E-state index in [-0.39, 0.29) is 5.78 Å². The first-order valence-corrected chi connectivity index (χ1v) is 7.11. The largest absolute Gasteiger partial charge is 0.369 e. The lowest BCUT2D eigenvalue weighted by Crippen LogP contribution is -2.47. The minimum atomic E-state index is 0.289. The summed E-state index contributed by atoms with van der Waals surface area (Å²) in [5, 5.41) is 0. The summed E-state index contributed by atoms with van der Waals surface area (Å²) in [7, 11) is 0. The normalized spacial score (nSPS) is 16.7. The highest BCUT2D eigenvalue weighted by Crippen LogP contribution is 2.23. The number of nitrogens with zero attached hydrogens (tertiary/aromatic N) is 2. The molecule has 0 atom stereocenters.